The monoisotopic (exact) mass is 497 g/mol. The van der Waals surface area contributed by atoms with E-state index >= 15 is 0 Å². The quantitative estimate of drug-likeness (QED) is 0.454. The van der Waals surface area contributed by atoms with Gasteiger partial charge in [0.25, 0.3) is 0 Å². The van der Waals surface area contributed by atoms with Crippen LogP contribution < -0.4 is 20.3 Å². The molecule has 1 aromatic heterocycles. The molecule has 3 aromatic rings. The summed E-state index contributed by atoms with van der Waals surface area (Å²) in [5, 5.41) is 6.08. The average Bonchev–Trinajstić information content (AvgIpc) is 3.23. The highest BCUT2D eigenvalue weighted by Crippen LogP contribution is 2.35. The molecular formula is C24H24FN5O4S. The van der Waals surface area contributed by atoms with Gasteiger partial charge < -0.3 is 20.1 Å². The molecule has 0 aliphatic carbocycles. The van der Waals surface area contributed by atoms with Gasteiger partial charge in [0.15, 0.2) is 0 Å². The summed E-state index contributed by atoms with van der Waals surface area (Å²) in [6, 6.07) is 8.63. The first-order valence-electron chi connectivity index (χ1n) is 11.2. The maximum absolute atomic E-state index is 14.4. The van der Waals surface area contributed by atoms with Gasteiger partial charge in [-0.1, -0.05) is 0 Å². The number of methoxy groups -OCH3 is 1. The number of nitrogens with zero attached hydrogens (tertiary/aromatic N) is 3. The molecule has 0 spiro atoms. The summed E-state index contributed by atoms with van der Waals surface area (Å²) in [7, 11) is 1.49. The molecule has 3 heterocycles. The number of rotatable bonds is 8. The van der Waals surface area contributed by atoms with E-state index in [1.54, 1.807) is 11.0 Å². The second-order valence-corrected chi connectivity index (χ2v) is 9.31. The lowest BCUT2D eigenvalue weighted by Crippen LogP contribution is -2.25. The van der Waals surface area contributed by atoms with E-state index in [0.717, 1.165) is 17.0 Å². The van der Waals surface area contributed by atoms with Gasteiger partial charge in [-0.3, -0.25) is 9.69 Å². The molecule has 35 heavy (non-hydrogen) atoms. The van der Waals surface area contributed by atoms with E-state index in [0.29, 0.717) is 60.0 Å². The SMILES string of the molecule is COc1cnc2cc(CNCCC[C@H]3CN(c4ccc5c(c4)NC(=O)CS5)C(=O)O3)c(F)cc2n1. The molecule has 1 saturated heterocycles. The van der Waals surface area contributed by atoms with E-state index < -0.39 is 6.09 Å². The number of halogens is 1. The normalized spacial score (nSPS) is 17.3. The van der Waals surface area contributed by atoms with E-state index in [-0.39, 0.29) is 17.8 Å². The van der Waals surface area contributed by atoms with Crippen LogP contribution in [0.25, 0.3) is 11.0 Å². The largest absolute Gasteiger partial charge is 0.480 e. The van der Waals surface area contributed by atoms with Gasteiger partial charge in [-0.05, 0) is 43.7 Å². The van der Waals surface area contributed by atoms with Crippen molar-refractivity contribution in [3.8, 4) is 5.88 Å². The number of anilines is 2. The second kappa shape index (κ2) is 10.0. The van der Waals surface area contributed by atoms with Crippen molar-refractivity contribution in [1.82, 2.24) is 15.3 Å². The Morgan fingerprint density at radius 3 is 3.03 bits per heavy atom. The van der Waals surface area contributed by atoms with Crippen LogP contribution in [-0.4, -0.2) is 54.0 Å². The van der Waals surface area contributed by atoms with Gasteiger partial charge in [0, 0.05) is 28.8 Å². The summed E-state index contributed by atoms with van der Waals surface area (Å²) in [4.78, 5) is 35.1. The van der Waals surface area contributed by atoms with Gasteiger partial charge in [-0.25, -0.2) is 19.2 Å². The Morgan fingerprint density at radius 2 is 2.17 bits per heavy atom. The zero-order chi connectivity index (χ0) is 24.4. The molecule has 5 rings (SSSR count). The maximum atomic E-state index is 14.4. The van der Waals surface area contributed by atoms with Crippen LogP contribution in [0.1, 0.15) is 18.4 Å². The minimum Gasteiger partial charge on any atom is -0.480 e. The van der Waals surface area contributed by atoms with Crippen LogP contribution in [0.4, 0.5) is 20.6 Å². The van der Waals surface area contributed by atoms with Crippen molar-refractivity contribution in [2.75, 3.05) is 36.2 Å². The zero-order valence-corrected chi connectivity index (χ0v) is 19.9. The molecule has 2 N–H and O–H groups in total. The number of hydrogen-bond donors (Lipinski definition) is 2. The fraction of sp³-hybridized carbons (Fsp3) is 0.333. The molecule has 11 heteroatoms. The number of aromatic nitrogens is 2. The Bertz CT molecular complexity index is 1290. The van der Waals surface area contributed by atoms with E-state index in [2.05, 4.69) is 20.6 Å². The fourth-order valence-electron chi connectivity index (χ4n) is 4.09. The summed E-state index contributed by atoms with van der Waals surface area (Å²) < 4.78 is 25.0. The van der Waals surface area contributed by atoms with Crippen molar-refractivity contribution in [1.29, 1.82) is 0 Å². The van der Waals surface area contributed by atoms with Crippen LogP contribution in [0, 0.1) is 5.82 Å². The Morgan fingerprint density at radius 1 is 1.29 bits per heavy atom. The van der Waals surface area contributed by atoms with Crippen molar-refractivity contribution in [3.05, 3.63) is 47.9 Å². The van der Waals surface area contributed by atoms with Crippen molar-refractivity contribution in [2.45, 2.75) is 30.4 Å². The minimum absolute atomic E-state index is 0.0502. The van der Waals surface area contributed by atoms with Gasteiger partial charge in [0.05, 0.1) is 42.3 Å². The molecule has 0 unspecified atom stereocenters. The molecule has 9 nitrogen and oxygen atoms in total. The van der Waals surface area contributed by atoms with Crippen LogP contribution >= 0.6 is 11.8 Å². The van der Waals surface area contributed by atoms with Crippen LogP contribution in [0.15, 0.2) is 41.4 Å². The Balaban J connectivity index is 1.11. The molecule has 2 aliphatic rings. The van der Waals surface area contributed by atoms with Gasteiger partial charge in [0.1, 0.15) is 11.9 Å². The Kier molecular flexibility index (Phi) is 6.69. The van der Waals surface area contributed by atoms with Crippen LogP contribution in [0.3, 0.4) is 0 Å². The molecule has 2 aromatic carbocycles. The first-order chi connectivity index (χ1) is 17.0. The van der Waals surface area contributed by atoms with Gasteiger partial charge in [0.2, 0.25) is 11.8 Å². The second-order valence-electron chi connectivity index (χ2n) is 8.30. The summed E-state index contributed by atoms with van der Waals surface area (Å²) >= 11 is 1.48. The molecule has 2 amide bonds. The lowest BCUT2D eigenvalue weighted by atomic mass is 10.1. The Labute approximate surface area is 205 Å². The number of nitrogens with one attached hydrogen (secondary N) is 2. The number of hydrogen-bond acceptors (Lipinski definition) is 8. The van der Waals surface area contributed by atoms with Gasteiger partial charge in [-0.2, -0.15) is 0 Å². The van der Waals surface area contributed by atoms with Gasteiger partial charge >= 0.3 is 6.09 Å². The number of benzene rings is 2. The summed E-state index contributed by atoms with van der Waals surface area (Å²) in [5.41, 5.74) is 2.97. The maximum Gasteiger partial charge on any atom is 0.414 e. The lowest BCUT2D eigenvalue weighted by Gasteiger charge is -2.20. The van der Waals surface area contributed by atoms with E-state index in [1.165, 1.54) is 31.1 Å². The fourth-order valence-corrected chi connectivity index (χ4v) is 4.88. The number of cyclic esters (lactones) is 1. The number of carbonyl (C=O) groups excluding carboxylic acids is 2. The third kappa shape index (κ3) is 5.15. The lowest BCUT2D eigenvalue weighted by molar-refractivity contribution is -0.113. The third-order valence-electron chi connectivity index (χ3n) is 5.87. The molecular weight excluding hydrogens is 473 g/mol. The predicted octanol–water partition coefficient (Wildman–Crippen LogP) is 3.72. The molecule has 1 atom stereocenters. The highest BCUT2D eigenvalue weighted by molar-refractivity contribution is 8.00. The standard InChI is InChI=1S/C24H24FN5O4S/c1-33-23-11-27-18-7-14(17(25)9-19(18)29-23)10-26-6-2-3-16-12-30(24(32)34-16)15-4-5-21-20(8-15)28-22(31)13-35-21/h4-5,7-9,11,16,26H,2-3,6,10,12-13H2,1H3,(H,28,31)/t16-/m0/s1. The smallest absolute Gasteiger partial charge is 0.414 e. The third-order valence-corrected chi connectivity index (χ3v) is 6.95. The first-order valence-corrected chi connectivity index (χ1v) is 12.2. The number of carbonyl (C=O) groups is 2. The molecule has 1 fully saturated rings. The highest BCUT2D eigenvalue weighted by atomic mass is 32.2. The summed E-state index contributed by atoms with van der Waals surface area (Å²) in [5.74, 6) is 0.329. The number of fused-ring (bicyclic) bond motifs is 2. The molecule has 0 bridgehead atoms. The predicted molar refractivity (Wildman–Crippen MR) is 130 cm³/mol. The summed E-state index contributed by atoms with van der Waals surface area (Å²) in [6.07, 6.45) is 2.32. The van der Waals surface area contributed by atoms with Crippen molar-refractivity contribution in [2.24, 2.45) is 0 Å². The number of amides is 2. The van der Waals surface area contributed by atoms with Crippen LogP contribution in [-0.2, 0) is 16.1 Å². The number of ether oxygens (including phenoxy) is 2. The summed E-state index contributed by atoms with van der Waals surface area (Å²) in [6.45, 7) is 1.44. The molecule has 0 radical (unpaired) electrons. The Hall–Kier alpha value is -3.44. The van der Waals surface area contributed by atoms with Crippen molar-refractivity contribution < 1.29 is 23.5 Å². The van der Waals surface area contributed by atoms with E-state index in [9.17, 15) is 14.0 Å². The molecule has 0 saturated carbocycles. The molecule has 2 aliphatic heterocycles. The van der Waals surface area contributed by atoms with Crippen LogP contribution in [0.2, 0.25) is 0 Å². The molecule has 182 valence electrons. The van der Waals surface area contributed by atoms with Crippen molar-refractivity contribution >= 4 is 46.2 Å². The van der Waals surface area contributed by atoms with Crippen LogP contribution in [0.5, 0.6) is 5.88 Å². The first kappa shape index (κ1) is 23.3. The van der Waals surface area contributed by atoms with E-state index in [1.807, 2.05) is 18.2 Å². The highest BCUT2D eigenvalue weighted by Gasteiger charge is 2.32. The topological polar surface area (TPSA) is 106 Å². The van der Waals surface area contributed by atoms with Crippen molar-refractivity contribution in [3.63, 3.8) is 0 Å². The zero-order valence-electron chi connectivity index (χ0n) is 19.0. The van der Waals surface area contributed by atoms with E-state index in [4.69, 9.17) is 9.47 Å². The number of thioether (sulfide) groups is 1. The van der Waals surface area contributed by atoms with Gasteiger partial charge in [-0.15, -0.1) is 11.8 Å². The average molecular weight is 498 g/mol. The minimum atomic E-state index is -0.395.